The number of rotatable bonds is 17. The summed E-state index contributed by atoms with van der Waals surface area (Å²) in [5, 5.41) is 0. The fourth-order valence-electron chi connectivity index (χ4n) is 5.39. The zero-order chi connectivity index (χ0) is 38.1. The van der Waals surface area contributed by atoms with Gasteiger partial charge in [0.1, 0.15) is 73.8 Å². The first-order chi connectivity index (χ1) is 26.6. The maximum Gasteiger partial charge on any atom is 0.119 e. The number of ether oxygens (including phenoxy) is 8. The van der Waals surface area contributed by atoms with E-state index in [9.17, 15) is 0 Å². The second-order valence-corrected chi connectivity index (χ2v) is 13.5. The molecule has 4 aliphatic heterocycles. The maximum atomic E-state index is 5.40. The fraction of sp³-hybridized carbons (Fsp3) is 0.478. The van der Waals surface area contributed by atoms with Crippen LogP contribution < -0.4 is 18.9 Å². The summed E-state index contributed by atoms with van der Waals surface area (Å²) in [5.74, 6) is 5.64. The second kappa shape index (κ2) is 25.9. The Kier molecular flexibility index (Phi) is 20.4. The first-order valence-electron chi connectivity index (χ1n) is 19.8. The molecule has 8 rings (SSSR count). The molecule has 4 aliphatic rings. The van der Waals surface area contributed by atoms with Crippen LogP contribution in [0, 0.1) is 11.8 Å². The van der Waals surface area contributed by atoms with Crippen molar-refractivity contribution in [3.05, 3.63) is 121 Å². The number of hydrogen-bond donors (Lipinski definition) is 0. The highest BCUT2D eigenvalue weighted by molar-refractivity contribution is 5.23. The van der Waals surface area contributed by atoms with Crippen molar-refractivity contribution < 1.29 is 37.9 Å². The van der Waals surface area contributed by atoms with Gasteiger partial charge in [0, 0.05) is 0 Å². The topological polar surface area (TPSA) is 87.0 Å². The van der Waals surface area contributed by atoms with Gasteiger partial charge in [-0.05, 0) is 60.4 Å². The van der Waals surface area contributed by atoms with E-state index in [1.165, 1.54) is 25.7 Å². The van der Waals surface area contributed by atoms with Gasteiger partial charge in [-0.3, -0.25) is 0 Å². The van der Waals surface area contributed by atoms with Crippen molar-refractivity contribution in [1.82, 2.24) is 0 Å². The summed E-state index contributed by atoms with van der Waals surface area (Å²) in [6.45, 7) is 15.4. The molecule has 294 valence electrons. The molecule has 0 amide bonds. The summed E-state index contributed by atoms with van der Waals surface area (Å²) in [5.41, 5.74) is 0. The average Bonchev–Trinajstić information content (AvgIpc) is 4.03. The lowest BCUT2D eigenvalue weighted by atomic mass is 9.84. The predicted molar refractivity (Wildman–Crippen MR) is 215 cm³/mol. The molecule has 0 spiro atoms. The van der Waals surface area contributed by atoms with E-state index < -0.39 is 0 Å². The standard InChI is InChI=1S/C10H22.4C9H10O2/c1-5-9(6-2)10(7-3)8-4;4*1-2-4-8(5-3-1)10-6-9-7-11-9/h9-10H,5-8H2,1-4H3;4*1-5,9H,6-7H2. The molecule has 4 saturated heterocycles. The highest BCUT2D eigenvalue weighted by atomic mass is 16.6. The number of epoxide rings is 4. The molecule has 4 unspecified atom stereocenters. The molecule has 0 radical (unpaired) electrons. The maximum absolute atomic E-state index is 5.40. The summed E-state index contributed by atoms with van der Waals surface area (Å²) in [7, 11) is 0. The molecule has 4 heterocycles. The van der Waals surface area contributed by atoms with Gasteiger partial charge >= 0.3 is 0 Å². The normalized spacial score (nSPS) is 19.4. The Morgan fingerprint density at radius 2 is 0.556 bits per heavy atom. The number of para-hydroxylation sites is 4. The molecular weight excluding hydrogens is 680 g/mol. The zero-order valence-corrected chi connectivity index (χ0v) is 32.8. The van der Waals surface area contributed by atoms with E-state index in [1.807, 2.05) is 121 Å². The second-order valence-electron chi connectivity index (χ2n) is 13.5. The molecule has 0 saturated carbocycles. The van der Waals surface area contributed by atoms with Crippen LogP contribution >= 0.6 is 0 Å². The summed E-state index contributed by atoms with van der Waals surface area (Å²) >= 11 is 0. The van der Waals surface area contributed by atoms with Crippen LogP contribution in [0.3, 0.4) is 0 Å². The number of benzene rings is 4. The van der Waals surface area contributed by atoms with Crippen molar-refractivity contribution in [3.8, 4) is 23.0 Å². The molecule has 54 heavy (non-hydrogen) atoms. The van der Waals surface area contributed by atoms with E-state index in [4.69, 9.17) is 37.9 Å². The van der Waals surface area contributed by atoms with Gasteiger partial charge in [0.2, 0.25) is 0 Å². The minimum Gasteiger partial charge on any atom is -0.491 e. The SMILES string of the molecule is CCC(CC)C(CC)CC.c1ccc(OCC2CO2)cc1.c1ccc(OCC2CO2)cc1.c1ccc(OCC2CO2)cc1.c1ccc(OCC2CO2)cc1. The van der Waals surface area contributed by atoms with Gasteiger partial charge in [-0.2, -0.15) is 0 Å². The molecule has 0 aromatic heterocycles. The van der Waals surface area contributed by atoms with Crippen molar-refractivity contribution >= 4 is 0 Å². The minimum absolute atomic E-state index is 0.343. The molecule has 4 aromatic carbocycles. The summed E-state index contributed by atoms with van der Waals surface area (Å²) in [6, 6.07) is 39.2. The molecule has 4 aromatic rings. The Balaban J connectivity index is 0.000000151. The van der Waals surface area contributed by atoms with Crippen LogP contribution in [0.25, 0.3) is 0 Å². The van der Waals surface area contributed by atoms with Crippen molar-refractivity contribution in [2.75, 3.05) is 52.9 Å². The Hall–Kier alpha value is -4.08. The van der Waals surface area contributed by atoms with E-state index in [0.29, 0.717) is 50.8 Å². The van der Waals surface area contributed by atoms with Gasteiger partial charge in [-0.25, -0.2) is 0 Å². The van der Waals surface area contributed by atoms with Crippen LogP contribution in [0.4, 0.5) is 0 Å². The third-order valence-corrected chi connectivity index (χ3v) is 9.09. The highest BCUT2D eigenvalue weighted by Gasteiger charge is 2.24. The van der Waals surface area contributed by atoms with Gasteiger partial charge in [0.15, 0.2) is 0 Å². The van der Waals surface area contributed by atoms with Gasteiger partial charge < -0.3 is 37.9 Å². The summed E-state index contributed by atoms with van der Waals surface area (Å²) in [4.78, 5) is 0. The molecule has 4 atom stereocenters. The Morgan fingerprint density at radius 3 is 0.704 bits per heavy atom. The van der Waals surface area contributed by atoms with E-state index in [-0.39, 0.29) is 0 Å². The first-order valence-corrected chi connectivity index (χ1v) is 19.8. The van der Waals surface area contributed by atoms with Crippen LogP contribution in [-0.2, 0) is 18.9 Å². The fourth-order valence-corrected chi connectivity index (χ4v) is 5.39. The molecule has 0 N–H and O–H groups in total. The minimum atomic E-state index is 0.343. The van der Waals surface area contributed by atoms with Crippen LogP contribution in [-0.4, -0.2) is 77.3 Å². The smallest absolute Gasteiger partial charge is 0.119 e. The lowest BCUT2D eigenvalue weighted by Gasteiger charge is -2.22. The molecule has 4 fully saturated rings. The van der Waals surface area contributed by atoms with Crippen LogP contribution in [0.5, 0.6) is 23.0 Å². The van der Waals surface area contributed by atoms with Crippen LogP contribution in [0.2, 0.25) is 0 Å². The highest BCUT2D eigenvalue weighted by Crippen LogP contribution is 2.25. The lowest BCUT2D eigenvalue weighted by Crippen LogP contribution is -2.11. The van der Waals surface area contributed by atoms with Crippen molar-refractivity contribution in [3.63, 3.8) is 0 Å². The van der Waals surface area contributed by atoms with E-state index in [2.05, 4.69) is 27.7 Å². The Labute approximate surface area is 324 Å². The van der Waals surface area contributed by atoms with E-state index in [0.717, 1.165) is 61.3 Å². The zero-order valence-electron chi connectivity index (χ0n) is 32.8. The molecule has 0 bridgehead atoms. The quantitative estimate of drug-likeness (QED) is 0.0989. The lowest BCUT2D eigenvalue weighted by molar-refractivity contribution is 0.263. The Morgan fingerprint density at radius 1 is 0.370 bits per heavy atom. The van der Waals surface area contributed by atoms with Gasteiger partial charge in [-0.15, -0.1) is 0 Å². The van der Waals surface area contributed by atoms with Gasteiger partial charge in [-0.1, -0.05) is 126 Å². The summed E-state index contributed by atoms with van der Waals surface area (Å²) in [6.07, 6.45) is 6.83. The van der Waals surface area contributed by atoms with Crippen molar-refractivity contribution in [2.45, 2.75) is 77.8 Å². The van der Waals surface area contributed by atoms with Gasteiger partial charge in [0.05, 0.1) is 26.4 Å². The monoisotopic (exact) mass is 742 g/mol. The molecule has 8 nitrogen and oxygen atoms in total. The van der Waals surface area contributed by atoms with Crippen molar-refractivity contribution in [2.24, 2.45) is 11.8 Å². The van der Waals surface area contributed by atoms with Crippen LogP contribution in [0.15, 0.2) is 121 Å². The van der Waals surface area contributed by atoms with Gasteiger partial charge in [0.25, 0.3) is 0 Å². The first kappa shape index (κ1) is 42.7. The molecular formula is C46H62O8. The number of hydrogen-bond acceptors (Lipinski definition) is 8. The predicted octanol–water partition coefficient (Wildman–Crippen LogP) is 9.72. The third kappa shape index (κ3) is 20.4. The van der Waals surface area contributed by atoms with Crippen molar-refractivity contribution in [1.29, 1.82) is 0 Å². The largest absolute Gasteiger partial charge is 0.491 e. The molecule has 8 heteroatoms. The third-order valence-electron chi connectivity index (χ3n) is 9.09. The van der Waals surface area contributed by atoms with E-state index >= 15 is 0 Å². The summed E-state index contributed by atoms with van der Waals surface area (Å²) < 4.78 is 41.6. The van der Waals surface area contributed by atoms with Crippen LogP contribution in [0.1, 0.15) is 53.4 Å². The Bertz CT molecular complexity index is 1220. The average molecular weight is 743 g/mol. The molecule has 0 aliphatic carbocycles. The van der Waals surface area contributed by atoms with E-state index in [1.54, 1.807) is 0 Å².